The Morgan fingerprint density at radius 2 is 1.80 bits per heavy atom. The number of carbonyl (C=O) groups is 3. The number of carbonyl (C=O) groups excluding carboxylic acids is 3. The summed E-state index contributed by atoms with van der Waals surface area (Å²) < 4.78 is 0. The molecule has 1 aliphatic carbocycles. The molecule has 1 aliphatic heterocycles. The molecule has 1 heterocycles. The van der Waals surface area contributed by atoms with Gasteiger partial charge in [-0.05, 0) is 56.2 Å². The van der Waals surface area contributed by atoms with E-state index in [9.17, 15) is 14.4 Å². The topological polar surface area (TPSA) is 98.7 Å². The van der Waals surface area contributed by atoms with Crippen molar-refractivity contribution in [3.8, 4) is 0 Å². The second-order valence-corrected chi connectivity index (χ2v) is 10.0. The minimum Gasteiger partial charge on any atom is -0.396 e. The predicted molar refractivity (Wildman–Crippen MR) is 138 cm³/mol. The molecule has 0 aromatic heterocycles. The number of unbranched alkanes of at least 4 members (excludes halogenated alkanes) is 3. The number of allylic oxidation sites excluding steroid dienone is 1. The molecule has 35 heavy (non-hydrogen) atoms. The lowest BCUT2D eigenvalue weighted by molar-refractivity contribution is -0.140. The van der Waals surface area contributed by atoms with E-state index in [1.54, 1.807) is 11.9 Å². The number of hydrogen-bond acceptors (Lipinski definition) is 4. The summed E-state index contributed by atoms with van der Waals surface area (Å²) in [6, 6.07) is 5.27. The number of rotatable bonds is 11. The summed E-state index contributed by atoms with van der Waals surface area (Å²) in [5, 5.41) is 14.9. The molecular weight excluding hydrogens is 442 g/mol. The third-order valence-electron chi connectivity index (χ3n) is 7.51. The van der Waals surface area contributed by atoms with Crippen molar-refractivity contribution in [1.29, 1.82) is 0 Å². The molecule has 1 fully saturated rings. The summed E-state index contributed by atoms with van der Waals surface area (Å²) in [5.41, 5.74) is 2.76. The van der Waals surface area contributed by atoms with Gasteiger partial charge < -0.3 is 20.6 Å². The fourth-order valence-corrected chi connectivity index (χ4v) is 5.70. The van der Waals surface area contributed by atoms with Gasteiger partial charge >= 0.3 is 0 Å². The maximum atomic E-state index is 13.8. The van der Waals surface area contributed by atoms with Crippen LogP contribution in [0.1, 0.15) is 56.6 Å². The maximum absolute atomic E-state index is 13.8. The number of aliphatic hydroxyl groups is 1. The van der Waals surface area contributed by atoms with Crippen LogP contribution < -0.4 is 10.6 Å². The van der Waals surface area contributed by atoms with Crippen molar-refractivity contribution in [2.45, 2.75) is 65.3 Å². The molecule has 7 nitrogen and oxygen atoms in total. The first-order valence-corrected chi connectivity index (χ1v) is 13.0. The highest BCUT2D eigenvalue weighted by molar-refractivity contribution is 6.02. The fraction of sp³-hybridized carbons (Fsp3) is 0.607. The first-order valence-electron chi connectivity index (χ1n) is 13.0. The Morgan fingerprint density at radius 3 is 2.49 bits per heavy atom. The van der Waals surface area contributed by atoms with Crippen molar-refractivity contribution in [1.82, 2.24) is 10.2 Å². The molecule has 0 saturated carbocycles. The highest BCUT2D eigenvalue weighted by atomic mass is 16.3. The number of benzene rings is 1. The second kappa shape index (κ2) is 12.3. The third kappa shape index (κ3) is 5.95. The molecule has 0 radical (unpaired) electrons. The number of aliphatic hydroxyl groups excluding tert-OH is 1. The van der Waals surface area contributed by atoms with Crippen LogP contribution in [-0.4, -0.2) is 54.0 Å². The van der Waals surface area contributed by atoms with Crippen LogP contribution in [0.25, 0.3) is 0 Å². The van der Waals surface area contributed by atoms with E-state index in [4.69, 9.17) is 5.11 Å². The van der Waals surface area contributed by atoms with E-state index in [1.807, 2.05) is 38.1 Å². The minimum atomic E-state index is -0.656. The molecule has 7 heteroatoms. The van der Waals surface area contributed by atoms with E-state index in [1.165, 1.54) is 0 Å². The number of likely N-dealkylation sites (tertiary alicyclic amines) is 1. The Bertz CT molecular complexity index is 944. The largest absolute Gasteiger partial charge is 0.396 e. The summed E-state index contributed by atoms with van der Waals surface area (Å²) in [7, 11) is 1.61. The van der Waals surface area contributed by atoms with Crippen molar-refractivity contribution >= 4 is 23.4 Å². The number of nitrogens with zero attached hydrogens (tertiary/aromatic N) is 1. The van der Waals surface area contributed by atoms with Gasteiger partial charge in [-0.25, -0.2) is 0 Å². The molecule has 3 amide bonds. The van der Waals surface area contributed by atoms with Gasteiger partial charge in [0.25, 0.3) is 0 Å². The number of nitrogens with one attached hydrogen (secondary N) is 2. The molecule has 1 aromatic rings. The molecular formula is C28H41N3O4. The number of amides is 3. The van der Waals surface area contributed by atoms with Gasteiger partial charge in [0.2, 0.25) is 17.7 Å². The molecule has 0 bridgehead atoms. The highest BCUT2D eigenvalue weighted by Gasteiger charge is 2.56. The Hall–Kier alpha value is -2.67. The molecule has 1 saturated heterocycles. The summed E-state index contributed by atoms with van der Waals surface area (Å²) in [6.45, 7) is 6.64. The lowest BCUT2D eigenvalue weighted by Gasteiger charge is -2.34. The van der Waals surface area contributed by atoms with Gasteiger partial charge in [-0.3, -0.25) is 14.4 Å². The summed E-state index contributed by atoms with van der Waals surface area (Å²) in [6.07, 6.45) is 9.05. The molecule has 0 spiro atoms. The van der Waals surface area contributed by atoms with Crippen molar-refractivity contribution in [3.05, 3.63) is 41.5 Å². The molecule has 2 aliphatic rings. The van der Waals surface area contributed by atoms with Crippen LogP contribution in [0.3, 0.4) is 0 Å². The van der Waals surface area contributed by atoms with Crippen LogP contribution >= 0.6 is 0 Å². The fourth-order valence-electron chi connectivity index (χ4n) is 5.70. The van der Waals surface area contributed by atoms with Gasteiger partial charge in [0, 0.05) is 31.8 Å². The Kier molecular flexibility index (Phi) is 9.49. The van der Waals surface area contributed by atoms with Crippen molar-refractivity contribution < 1.29 is 19.5 Å². The maximum Gasteiger partial charge on any atom is 0.247 e. The monoisotopic (exact) mass is 483 g/mol. The van der Waals surface area contributed by atoms with Gasteiger partial charge in [-0.1, -0.05) is 50.5 Å². The van der Waals surface area contributed by atoms with Crippen LogP contribution in [0.4, 0.5) is 5.69 Å². The summed E-state index contributed by atoms with van der Waals surface area (Å²) in [5.74, 6) is -1.81. The Balaban J connectivity index is 1.93. The second-order valence-electron chi connectivity index (χ2n) is 10.0. The molecule has 3 N–H and O–H groups in total. The minimum absolute atomic E-state index is 0.0163. The molecule has 3 rings (SSSR count). The van der Waals surface area contributed by atoms with Gasteiger partial charge in [0.05, 0.1) is 11.8 Å². The number of fused-ring (bicyclic) bond motifs is 1. The Morgan fingerprint density at radius 1 is 1.06 bits per heavy atom. The van der Waals surface area contributed by atoms with E-state index in [0.717, 1.165) is 55.3 Å². The van der Waals surface area contributed by atoms with Gasteiger partial charge in [0.15, 0.2) is 0 Å². The van der Waals surface area contributed by atoms with E-state index in [-0.39, 0.29) is 36.2 Å². The number of hydrogen-bond donors (Lipinski definition) is 3. The zero-order valence-corrected chi connectivity index (χ0v) is 21.5. The van der Waals surface area contributed by atoms with E-state index < -0.39 is 17.9 Å². The van der Waals surface area contributed by atoms with Crippen LogP contribution in [0.2, 0.25) is 0 Å². The SMILES string of the molecule is CCC[C@@H]1C=C[C@H]2[C@@H](C(=O)N(CCCCCCO)[C@@H]2C(=O)Nc2cc(C)ccc2C)[C@@H]1C(=O)NC. The average molecular weight is 484 g/mol. The highest BCUT2D eigenvalue weighted by Crippen LogP contribution is 2.45. The van der Waals surface area contributed by atoms with Crippen LogP contribution in [0, 0.1) is 37.5 Å². The van der Waals surface area contributed by atoms with Gasteiger partial charge in [0.1, 0.15) is 6.04 Å². The zero-order chi connectivity index (χ0) is 25.5. The normalized spacial score (nSPS) is 25.5. The predicted octanol–water partition coefficient (Wildman–Crippen LogP) is 3.59. The smallest absolute Gasteiger partial charge is 0.247 e. The van der Waals surface area contributed by atoms with Crippen molar-refractivity contribution in [3.63, 3.8) is 0 Å². The lowest BCUT2D eigenvalue weighted by atomic mass is 9.68. The van der Waals surface area contributed by atoms with E-state index in [2.05, 4.69) is 23.6 Å². The van der Waals surface area contributed by atoms with E-state index in [0.29, 0.717) is 6.54 Å². The standard InChI is InChI=1S/C28H41N3O4/c1-5-10-20-13-14-21-24(23(20)26(33)29-4)28(35)31(15-8-6-7-9-16-32)25(21)27(34)30-22-17-18(2)11-12-19(22)3/h11-14,17,20-21,23-25,32H,5-10,15-16H2,1-4H3,(H,29,33)(H,30,34)/t20-,21+,23-,24-,25+/m1/s1. The van der Waals surface area contributed by atoms with E-state index >= 15 is 0 Å². The van der Waals surface area contributed by atoms with Crippen molar-refractivity contribution in [2.75, 3.05) is 25.5 Å². The lowest BCUT2D eigenvalue weighted by Crippen LogP contribution is -2.45. The summed E-state index contributed by atoms with van der Waals surface area (Å²) in [4.78, 5) is 42.2. The molecule has 5 atom stereocenters. The van der Waals surface area contributed by atoms with Crippen molar-refractivity contribution in [2.24, 2.45) is 23.7 Å². The molecule has 1 aromatic carbocycles. The van der Waals surface area contributed by atoms with Crippen LogP contribution in [0.5, 0.6) is 0 Å². The van der Waals surface area contributed by atoms with Gasteiger partial charge in [-0.15, -0.1) is 0 Å². The third-order valence-corrected chi connectivity index (χ3v) is 7.51. The number of aryl methyl sites for hydroxylation is 2. The number of anilines is 1. The molecule has 0 unspecified atom stereocenters. The van der Waals surface area contributed by atoms with Gasteiger partial charge in [-0.2, -0.15) is 0 Å². The molecule has 192 valence electrons. The van der Waals surface area contributed by atoms with Crippen LogP contribution in [0.15, 0.2) is 30.4 Å². The Labute approximate surface area is 209 Å². The first-order chi connectivity index (χ1) is 16.8. The average Bonchev–Trinajstić information content (AvgIpc) is 3.12. The quantitative estimate of drug-likeness (QED) is 0.331. The first kappa shape index (κ1) is 26.9. The zero-order valence-electron chi connectivity index (χ0n) is 21.5. The summed E-state index contributed by atoms with van der Waals surface area (Å²) >= 11 is 0. The van der Waals surface area contributed by atoms with Crippen LogP contribution in [-0.2, 0) is 14.4 Å².